The molecule has 0 aliphatic heterocycles. The SMILES string of the molecule is Cc1cc(S)cc(F)c1Br. The Morgan fingerprint density at radius 2 is 2.10 bits per heavy atom. The Morgan fingerprint density at radius 1 is 1.50 bits per heavy atom. The summed E-state index contributed by atoms with van der Waals surface area (Å²) >= 11 is 7.11. The number of halogens is 2. The molecule has 0 unspecified atom stereocenters. The van der Waals surface area contributed by atoms with E-state index < -0.39 is 0 Å². The van der Waals surface area contributed by atoms with E-state index >= 15 is 0 Å². The fourth-order valence-electron chi connectivity index (χ4n) is 0.708. The van der Waals surface area contributed by atoms with Gasteiger partial charge in [-0.15, -0.1) is 12.6 Å². The normalized spacial score (nSPS) is 10.0. The highest BCUT2D eigenvalue weighted by Crippen LogP contribution is 2.22. The summed E-state index contributed by atoms with van der Waals surface area (Å²) in [6.07, 6.45) is 0. The van der Waals surface area contributed by atoms with E-state index in [2.05, 4.69) is 28.6 Å². The zero-order valence-corrected chi connectivity index (χ0v) is 7.84. The predicted octanol–water partition coefficient (Wildman–Crippen LogP) is 3.19. The molecule has 0 aromatic heterocycles. The molecule has 0 saturated heterocycles. The number of rotatable bonds is 0. The number of hydrogen-bond acceptors (Lipinski definition) is 1. The third-order valence-corrected chi connectivity index (χ3v) is 2.46. The van der Waals surface area contributed by atoms with Gasteiger partial charge >= 0.3 is 0 Å². The van der Waals surface area contributed by atoms with Gasteiger partial charge in [0.05, 0.1) is 4.47 Å². The Hall–Kier alpha value is -0.0200. The molecule has 0 N–H and O–H groups in total. The van der Waals surface area contributed by atoms with Crippen LogP contribution in [0.1, 0.15) is 5.56 Å². The van der Waals surface area contributed by atoms with Crippen molar-refractivity contribution in [2.24, 2.45) is 0 Å². The number of hydrogen-bond donors (Lipinski definition) is 1. The molecule has 3 heteroatoms. The van der Waals surface area contributed by atoms with Gasteiger partial charge in [0, 0.05) is 4.90 Å². The van der Waals surface area contributed by atoms with Crippen LogP contribution in [0, 0.1) is 12.7 Å². The molecule has 10 heavy (non-hydrogen) atoms. The predicted molar refractivity (Wildman–Crippen MR) is 46.1 cm³/mol. The van der Waals surface area contributed by atoms with Gasteiger partial charge in [-0.3, -0.25) is 0 Å². The van der Waals surface area contributed by atoms with E-state index in [4.69, 9.17) is 0 Å². The maximum absolute atomic E-state index is 12.7. The lowest BCUT2D eigenvalue weighted by Crippen LogP contribution is -1.82. The van der Waals surface area contributed by atoms with Crippen molar-refractivity contribution in [3.8, 4) is 0 Å². The molecule has 0 radical (unpaired) electrons. The standard InChI is InChI=1S/C7H6BrFS/c1-4-2-5(10)3-6(9)7(4)8/h2-3,10H,1H3. The summed E-state index contributed by atoms with van der Waals surface area (Å²) in [6, 6.07) is 3.18. The second-order valence-electron chi connectivity index (χ2n) is 2.06. The summed E-state index contributed by atoms with van der Waals surface area (Å²) in [5.74, 6) is -0.259. The van der Waals surface area contributed by atoms with E-state index in [-0.39, 0.29) is 5.82 Å². The second kappa shape index (κ2) is 2.93. The van der Waals surface area contributed by atoms with E-state index in [1.807, 2.05) is 6.92 Å². The molecule has 0 atom stereocenters. The summed E-state index contributed by atoms with van der Waals surface area (Å²) in [6.45, 7) is 1.83. The minimum absolute atomic E-state index is 0.259. The monoisotopic (exact) mass is 220 g/mol. The van der Waals surface area contributed by atoms with E-state index in [0.29, 0.717) is 9.37 Å². The molecule has 0 aliphatic rings. The molecule has 0 fully saturated rings. The quantitative estimate of drug-likeness (QED) is 0.639. The Labute approximate surface area is 73.0 Å². The van der Waals surface area contributed by atoms with E-state index in [1.54, 1.807) is 6.07 Å². The lowest BCUT2D eigenvalue weighted by molar-refractivity contribution is 0.616. The van der Waals surface area contributed by atoms with Crippen LogP contribution in [-0.2, 0) is 0 Å². The van der Waals surface area contributed by atoms with Crippen molar-refractivity contribution in [2.75, 3.05) is 0 Å². The summed E-state index contributed by atoms with van der Waals surface area (Å²) in [5, 5.41) is 0. The van der Waals surface area contributed by atoms with Crippen LogP contribution < -0.4 is 0 Å². The third kappa shape index (κ3) is 1.52. The first-order valence-corrected chi connectivity index (χ1v) is 4.00. The summed E-state index contributed by atoms with van der Waals surface area (Å²) in [4.78, 5) is 0.651. The fourth-order valence-corrected chi connectivity index (χ4v) is 1.24. The highest BCUT2D eigenvalue weighted by molar-refractivity contribution is 9.10. The first-order chi connectivity index (χ1) is 4.61. The lowest BCUT2D eigenvalue weighted by atomic mass is 10.2. The molecule has 0 nitrogen and oxygen atoms in total. The van der Waals surface area contributed by atoms with E-state index in [1.165, 1.54) is 6.07 Å². The zero-order valence-electron chi connectivity index (χ0n) is 5.36. The average Bonchev–Trinajstić information content (AvgIpc) is 1.82. The smallest absolute Gasteiger partial charge is 0.138 e. The molecule has 0 saturated carbocycles. The van der Waals surface area contributed by atoms with Crippen LogP contribution in [0.2, 0.25) is 0 Å². The van der Waals surface area contributed by atoms with Crippen LogP contribution in [0.3, 0.4) is 0 Å². The minimum atomic E-state index is -0.259. The van der Waals surface area contributed by atoms with Gasteiger partial charge in [-0.25, -0.2) is 4.39 Å². The zero-order chi connectivity index (χ0) is 7.72. The maximum Gasteiger partial charge on any atom is 0.138 e. The molecule has 54 valence electrons. The van der Waals surface area contributed by atoms with Gasteiger partial charge in [-0.2, -0.15) is 0 Å². The average molecular weight is 221 g/mol. The molecule has 0 amide bonds. The van der Waals surface area contributed by atoms with Crippen molar-refractivity contribution < 1.29 is 4.39 Å². The van der Waals surface area contributed by atoms with Gasteiger partial charge in [-0.1, -0.05) is 0 Å². The van der Waals surface area contributed by atoms with Crippen LogP contribution in [-0.4, -0.2) is 0 Å². The summed E-state index contributed by atoms with van der Waals surface area (Å²) in [5.41, 5.74) is 0.866. The lowest BCUT2D eigenvalue weighted by Gasteiger charge is -1.99. The van der Waals surface area contributed by atoms with Crippen molar-refractivity contribution >= 4 is 28.6 Å². The minimum Gasteiger partial charge on any atom is -0.206 e. The molecule has 0 spiro atoms. The largest absolute Gasteiger partial charge is 0.206 e. The molecule has 1 aromatic rings. The van der Waals surface area contributed by atoms with Crippen molar-refractivity contribution in [3.63, 3.8) is 0 Å². The fraction of sp³-hybridized carbons (Fsp3) is 0.143. The molecular weight excluding hydrogens is 215 g/mol. The first kappa shape index (κ1) is 8.08. The molecule has 0 bridgehead atoms. The molecule has 0 aliphatic carbocycles. The van der Waals surface area contributed by atoms with Crippen LogP contribution >= 0.6 is 28.6 Å². The maximum atomic E-state index is 12.7. The van der Waals surface area contributed by atoms with Crippen LogP contribution in [0.15, 0.2) is 21.5 Å². The Bertz CT molecular complexity index is 237. The first-order valence-electron chi connectivity index (χ1n) is 2.76. The molecule has 1 aromatic carbocycles. The van der Waals surface area contributed by atoms with Gasteiger partial charge in [0.2, 0.25) is 0 Å². The Morgan fingerprint density at radius 3 is 2.60 bits per heavy atom. The van der Waals surface area contributed by atoms with E-state index in [9.17, 15) is 4.39 Å². The topological polar surface area (TPSA) is 0 Å². The van der Waals surface area contributed by atoms with Crippen LogP contribution in [0.4, 0.5) is 4.39 Å². The Balaban J connectivity index is 3.31. The number of aryl methyl sites for hydroxylation is 1. The van der Waals surface area contributed by atoms with Gasteiger partial charge < -0.3 is 0 Å². The molecule has 1 rings (SSSR count). The van der Waals surface area contributed by atoms with E-state index in [0.717, 1.165) is 5.56 Å². The number of benzene rings is 1. The third-order valence-electron chi connectivity index (χ3n) is 1.19. The van der Waals surface area contributed by atoms with Crippen molar-refractivity contribution in [3.05, 3.63) is 28.0 Å². The highest BCUT2D eigenvalue weighted by atomic mass is 79.9. The van der Waals surface area contributed by atoms with Gasteiger partial charge in [-0.05, 0) is 40.5 Å². The van der Waals surface area contributed by atoms with Crippen LogP contribution in [0.5, 0.6) is 0 Å². The molecular formula is C7H6BrFS. The van der Waals surface area contributed by atoms with Crippen LogP contribution in [0.25, 0.3) is 0 Å². The number of thiol groups is 1. The second-order valence-corrected chi connectivity index (χ2v) is 3.37. The van der Waals surface area contributed by atoms with Crippen molar-refractivity contribution in [2.45, 2.75) is 11.8 Å². The van der Waals surface area contributed by atoms with Crippen molar-refractivity contribution in [1.29, 1.82) is 0 Å². The van der Waals surface area contributed by atoms with Crippen molar-refractivity contribution in [1.82, 2.24) is 0 Å². The summed E-state index contributed by atoms with van der Waals surface area (Å²) < 4.78 is 13.3. The van der Waals surface area contributed by atoms with Gasteiger partial charge in [0.1, 0.15) is 5.82 Å². The highest BCUT2D eigenvalue weighted by Gasteiger charge is 2.01. The van der Waals surface area contributed by atoms with Gasteiger partial charge in [0.15, 0.2) is 0 Å². The molecule has 0 heterocycles. The van der Waals surface area contributed by atoms with Gasteiger partial charge in [0.25, 0.3) is 0 Å². The summed E-state index contributed by atoms with van der Waals surface area (Å²) in [7, 11) is 0. The Kier molecular flexibility index (Phi) is 2.36.